The van der Waals surface area contributed by atoms with E-state index in [9.17, 15) is 5.11 Å². The van der Waals surface area contributed by atoms with Gasteiger partial charge in [0, 0.05) is 14.2 Å². The van der Waals surface area contributed by atoms with E-state index in [1.165, 1.54) is 24.8 Å². The van der Waals surface area contributed by atoms with E-state index in [0.717, 1.165) is 12.8 Å². The summed E-state index contributed by atoms with van der Waals surface area (Å²) in [6, 6.07) is 0. The van der Waals surface area contributed by atoms with Gasteiger partial charge in [-0.25, -0.2) is 0 Å². The third-order valence-corrected chi connectivity index (χ3v) is 4.76. The van der Waals surface area contributed by atoms with Crippen molar-refractivity contribution in [2.75, 3.05) is 20.8 Å². The van der Waals surface area contributed by atoms with Gasteiger partial charge in [-0.15, -0.1) is 0 Å². The van der Waals surface area contributed by atoms with Gasteiger partial charge in [-0.05, 0) is 33.6 Å². The number of methoxy groups -OCH3 is 2. The fourth-order valence-corrected chi connectivity index (χ4v) is 2.76. The van der Waals surface area contributed by atoms with Crippen LogP contribution < -0.4 is 0 Å². The first-order valence-corrected chi connectivity index (χ1v) is 8.59. The lowest BCUT2D eigenvalue weighted by Crippen LogP contribution is -2.63. The third kappa shape index (κ3) is 5.26. The van der Waals surface area contributed by atoms with E-state index in [-0.39, 0.29) is 6.61 Å². The smallest absolute Gasteiger partial charge is 0.220 e. The van der Waals surface area contributed by atoms with Crippen molar-refractivity contribution >= 4 is 0 Å². The van der Waals surface area contributed by atoms with Crippen LogP contribution >= 0.6 is 0 Å². The zero-order valence-electron chi connectivity index (χ0n) is 15.6. The molecule has 1 N–H and O–H groups in total. The Balaban J connectivity index is 2.62. The Labute approximate surface area is 140 Å². The van der Waals surface area contributed by atoms with Gasteiger partial charge < -0.3 is 24.1 Å². The number of rotatable bonds is 9. The molecule has 136 valence electrons. The molecule has 0 unspecified atom stereocenters. The Morgan fingerprint density at radius 3 is 2.43 bits per heavy atom. The molecule has 0 aromatic heterocycles. The van der Waals surface area contributed by atoms with E-state index in [0.29, 0.717) is 0 Å². The first kappa shape index (κ1) is 20.6. The molecular weight excluding hydrogens is 296 g/mol. The van der Waals surface area contributed by atoms with Crippen LogP contribution in [0.25, 0.3) is 0 Å². The summed E-state index contributed by atoms with van der Waals surface area (Å²) in [6.07, 6.45) is 6.54. The maximum atomic E-state index is 10.4. The summed E-state index contributed by atoms with van der Waals surface area (Å²) in [4.78, 5) is 0. The predicted molar refractivity (Wildman–Crippen MR) is 90.2 cm³/mol. The topological polar surface area (TPSA) is 57.2 Å². The van der Waals surface area contributed by atoms with Crippen LogP contribution in [0.5, 0.6) is 0 Å². The average molecular weight is 330 g/mol. The molecule has 0 amide bonds. The number of aliphatic hydroxyl groups is 1. The molecule has 1 rings (SSSR count). The zero-order valence-corrected chi connectivity index (χ0v) is 15.6. The van der Waals surface area contributed by atoms with Crippen LogP contribution in [0, 0.1) is 0 Å². The number of aliphatic hydroxyl groups excluding tert-OH is 1. The summed E-state index contributed by atoms with van der Waals surface area (Å²) >= 11 is 0. The number of hydrogen-bond acceptors (Lipinski definition) is 5. The SMILES string of the molecule is CCCCCC/C(C)=C/[C@H](O)[C@@H]1CO[C@@](C)(OC)[C@](C)(OC)O1. The average Bonchev–Trinajstić information content (AvgIpc) is 2.54. The molecule has 0 aliphatic carbocycles. The quantitative estimate of drug-likeness (QED) is 0.519. The van der Waals surface area contributed by atoms with Crippen molar-refractivity contribution in [1.29, 1.82) is 0 Å². The van der Waals surface area contributed by atoms with Crippen molar-refractivity contribution in [1.82, 2.24) is 0 Å². The highest BCUT2D eigenvalue weighted by molar-refractivity contribution is 5.05. The second kappa shape index (κ2) is 9.14. The number of allylic oxidation sites excluding steroid dienone is 1. The van der Waals surface area contributed by atoms with Crippen molar-refractivity contribution in [3.05, 3.63) is 11.6 Å². The molecule has 0 spiro atoms. The van der Waals surface area contributed by atoms with Crippen molar-refractivity contribution in [3.8, 4) is 0 Å². The van der Waals surface area contributed by atoms with Crippen molar-refractivity contribution in [2.24, 2.45) is 0 Å². The van der Waals surface area contributed by atoms with Crippen molar-refractivity contribution in [2.45, 2.75) is 83.6 Å². The minimum atomic E-state index is -1.07. The molecule has 0 bridgehead atoms. The molecular formula is C18H34O5. The summed E-state index contributed by atoms with van der Waals surface area (Å²) < 4.78 is 22.6. The lowest BCUT2D eigenvalue weighted by atomic mass is 10.0. The van der Waals surface area contributed by atoms with E-state index < -0.39 is 23.8 Å². The Hall–Kier alpha value is -0.460. The van der Waals surface area contributed by atoms with E-state index in [1.54, 1.807) is 28.1 Å². The minimum absolute atomic E-state index is 0.254. The summed E-state index contributed by atoms with van der Waals surface area (Å²) in [5.74, 6) is -2.08. The van der Waals surface area contributed by atoms with Gasteiger partial charge >= 0.3 is 0 Å². The lowest BCUT2D eigenvalue weighted by molar-refractivity contribution is -0.435. The maximum absolute atomic E-state index is 10.4. The third-order valence-electron chi connectivity index (χ3n) is 4.76. The van der Waals surface area contributed by atoms with Gasteiger partial charge in [-0.1, -0.05) is 37.8 Å². The van der Waals surface area contributed by atoms with E-state index in [2.05, 4.69) is 6.92 Å². The number of ether oxygens (including phenoxy) is 4. The standard InChI is InChI=1S/C18H34O5/c1-7-8-9-10-11-14(2)12-15(19)16-13-22-17(3,20-5)18(4,21-6)23-16/h12,15-16,19H,7-11,13H2,1-6H3/b14-12+/t15-,16-,17+,18+/m0/s1. The molecule has 0 saturated carbocycles. The Morgan fingerprint density at radius 2 is 1.87 bits per heavy atom. The highest BCUT2D eigenvalue weighted by Gasteiger charge is 2.54. The van der Waals surface area contributed by atoms with Gasteiger partial charge in [-0.3, -0.25) is 0 Å². The second-order valence-electron chi connectivity index (χ2n) is 6.58. The second-order valence-corrected chi connectivity index (χ2v) is 6.58. The largest absolute Gasteiger partial charge is 0.386 e. The van der Waals surface area contributed by atoms with Crippen LogP contribution in [0.1, 0.15) is 59.8 Å². The summed E-state index contributed by atoms with van der Waals surface area (Å²) in [6.45, 7) is 8.04. The first-order valence-electron chi connectivity index (χ1n) is 8.59. The molecule has 1 aliphatic rings. The fraction of sp³-hybridized carbons (Fsp3) is 0.889. The van der Waals surface area contributed by atoms with E-state index in [1.807, 2.05) is 13.0 Å². The molecule has 1 heterocycles. The summed E-state index contributed by atoms with van der Waals surface area (Å²) in [5, 5.41) is 10.4. The lowest BCUT2D eigenvalue weighted by Gasteiger charge is -2.49. The normalized spacial score (nSPS) is 33.7. The molecule has 1 aliphatic heterocycles. The van der Waals surface area contributed by atoms with Crippen molar-refractivity contribution < 1.29 is 24.1 Å². The van der Waals surface area contributed by atoms with Gasteiger partial charge in [0.1, 0.15) is 12.2 Å². The Morgan fingerprint density at radius 1 is 1.22 bits per heavy atom. The molecule has 5 heteroatoms. The zero-order chi connectivity index (χ0) is 17.5. The number of hydrogen-bond donors (Lipinski definition) is 1. The Bertz CT molecular complexity index is 384. The summed E-state index contributed by atoms with van der Waals surface area (Å²) in [5.41, 5.74) is 1.18. The molecule has 0 radical (unpaired) electrons. The van der Waals surface area contributed by atoms with Gasteiger partial charge in [0.25, 0.3) is 0 Å². The first-order chi connectivity index (χ1) is 10.8. The van der Waals surface area contributed by atoms with Gasteiger partial charge in [-0.2, -0.15) is 0 Å². The van der Waals surface area contributed by atoms with Crippen LogP contribution in [-0.2, 0) is 18.9 Å². The molecule has 23 heavy (non-hydrogen) atoms. The highest BCUT2D eigenvalue weighted by atomic mass is 16.8. The number of unbranched alkanes of at least 4 members (excludes halogenated alkanes) is 3. The van der Waals surface area contributed by atoms with Crippen LogP contribution in [0.15, 0.2) is 11.6 Å². The maximum Gasteiger partial charge on any atom is 0.220 e. The summed E-state index contributed by atoms with van der Waals surface area (Å²) in [7, 11) is 3.10. The molecule has 4 atom stereocenters. The van der Waals surface area contributed by atoms with Gasteiger partial charge in [0.2, 0.25) is 11.6 Å². The molecule has 1 saturated heterocycles. The Kier molecular flexibility index (Phi) is 8.18. The minimum Gasteiger partial charge on any atom is -0.386 e. The highest BCUT2D eigenvalue weighted by Crippen LogP contribution is 2.37. The van der Waals surface area contributed by atoms with Crippen LogP contribution in [-0.4, -0.2) is 49.7 Å². The van der Waals surface area contributed by atoms with Crippen LogP contribution in [0.4, 0.5) is 0 Å². The van der Waals surface area contributed by atoms with E-state index >= 15 is 0 Å². The van der Waals surface area contributed by atoms with Crippen LogP contribution in [0.2, 0.25) is 0 Å². The van der Waals surface area contributed by atoms with Crippen molar-refractivity contribution in [3.63, 3.8) is 0 Å². The van der Waals surface area contributed by atoms with Crippen LogP contribution in [0.3, 0.4) is 0 Å². The van der Waals surface area contributed by atoms with Gasteiger partial charge in [0.15, 0.2) is 0 Å². The fourth-order valence-electron chi connectivity index (χ4n) is 2.76. The van der Waals surface area contributed by atoms with Gasteiger partial charge in [0.05, 0.1) is 6.61 Å². The van der Waals surface area contributed by atoms with E-state index in [4.69, 9.17) is 18.9 Å². The molecule has 0 aromatic carbocycles. The molecule has 1 fully saturated rings. The monoisotopic (exact) mass is 330 g/mol. The molecule has 5 nitrogen and oxygen atoms in total. The predicted octanol–water partition coefficient (Wildman–Crippen LogP) is 3.40. The molecule has 0 aromatic rings.